The molecule has 0 aliphatic carbocycles. The summed E-state index contributed by atoms with van der Waals surface area (Å²) in [4.78, 5) is 4.24. The summed E-state index contributed by atoms with van der Waals surface area (Å²) in [7, 11) is 1.80. The molecular formula is C19H32IN3O2. The van der Waals surface area contributed by atoms with Crippen molar-refractivity contribution >= 4 is 29.9 Å². The van der Waals surface area contributed by atoms with Crippen molar-refractivity contribution < 1.29 is 9.47 Å². The van der Waals surface area contributed by atoms with Crippen LogP contribution in [0, 0.1) is 5.92 Å². The van der Waals surface area contributed by atoms with Gasteiger partial charge in [0.15, 0.2) is 5.96 Å². The Bertz CT molecular complexity index is 500. The maximum absolute atomic E-state index is 5.95. The molecule has 1 fully saturated rings. The number of hydrogen-bond acceptors (Lipinski definition) is 3. The number of rotatable bonds is 7. The molecule has 1 aromatic carbocycles. The van der Waals surface area contributed by atoms with Crippen molar-refractivity contribution in [1.82, 2.24) is 10.6 Å². The lowest BCUT2D eigenvalue weighted by atomic mass is 10.1. The topological polar surface area (TPSA) is 54.9 Å². The van der Waals surface area contributed by atoms with Crippen molar-refractivity contribution in [3.8, 4) is 0 Å². The summed E-state index contributed by atoms with van der Waals surface area (Å²) in [5.41, 5.74) is 2.45. The molecule has 25 heavy (non-hydrogen) atoms. The molecule has 0 aromatic heterocycles. The number of hydrogen-bond donors (Lipinski definition) is 2. The van der Waals surface area contributed by atoms with Crippen LogP contribution in [0.5, 0.6) is 0 Å². The van der Waals surface area contributed by atoms with Gasteiger partial charge in [0.1, 0.15) is 0 Å². The van der Waals surface area contributed by atoms with E-state index in [1.807, 2.05) is 0 Å². The predicted octanol–water partition coefficient (Wildman–Crippen LogP) is 3.32. The zero-order chi connectivity index (χ0) is 17.2. The highest BCUT2D eigenvalue weighted by Crippen LogP contribution is 2.14. The summed E-state index contributed by atoms with van der Waals surface area (Å²) in [6, 6.07) is 8.57. The summed E-state index contributed by atoms with van der Waals surface area (Å²) >= 11 is 0. The molecule has 1 aliphatic rings. The Hall–Kier alpha value is -0.860. The van der Waals surface area contributed by atoms with Gasteiger partial charge in [-0.15, -0.1) is 24.0 Å². The van der Waals surface area contributed by atoms with Gasteiger partial charge in [-0.1, -0.05) is 38.1 Å². The fourth-order valence-electron chi connectivity index (χ4n) is 2.52. The maximum atomic E-state index is 5.95. The molecule has 1 aliphatic heterocycles. The van der Waals surface area contributed by atoms with Crippen molar-refractivity contribution in [1.29, 1.82) is 0 Å². The summed E-state index contributed by atoms with van der Waals surface area (Å²) in [5, 5.41) is 6.65. The number of aliphatic imine (C=N–C) groups is 1. The Morgan fingerprint density at radius 1 is 1.16 bits per heavy atom. The van der Waals surface area contributed by atoms with Crippen LogP contribution in [0.1, 0.15) is 37.8 Å². The molecule has 0 radical (unpaired) electrons. The summed E-state index contributed by atoms with van der Waals surface area (Å²) in [5.74, 6) is 1.44. The quantitative estimate of drug-likeness (QED) is 0.372. The third-order valence-corrected chi connectivity index (χ3v) is 4.04. The summed E-state index contributed by atoms with van der Waals surface area (Å²) in [6.07, 6.45) is 2.35. The normalized spacial score (nSPS) is 15.8. The minimum Gasteiger partial charge on any atom is -0.381 e. The Labute approximate surface area is 169 Å². The SMILES string of the molecule is CN=C(NCc1ccc(COC2CCOCC2)cc1)NCC(C)C.I. The lowest BCUT2D eigenvalue weighted by Crippen LogP contribution is -2.38. The lowest BCUT2D eigenvalue weighted by Gasteiger charge is -2.22. The van der Waals surface area contributed by atoms with E-state index < -0.39 is 0 Å². The zero-order valence-electron chi connectivity index (χ0n) is 15.6. The number of ether oxygens (including phenoxy) is 2. The Balaban J connectivity index is 0.00000312. The van der Waals surface area contributed by atoms with E-state index in [2.05, 4.69) is 53.7 Å². The number of benzene rings is 1. The van der Waals surface area contributed by atoms with E-state index in [4.69, 9.17) is 9.47 Å². The van der Waals surface area contributed by atoms with Crippen molar-refractivity contribution in [2.45, 2.75) is 45.9 Å². The molecule has 5 nitrogen and oxygen atoms in total. The van der Waals surface area contributed by atoms with E-state index in [1.165, 1.54) is 11.1 Å². The van der Waals surface area contributed by atoms with Crippen LogP contribution in [-0.2, 0) is 22.6 Å². The second kappa shape index (κ2) is 12.5. The Morgan fingerprint density at radius 3 is 2.40 bits per heavy atom. The third-order valence-electron chi connectivity index (χ3n) is 4.04. The molecule has 142 valence electrons. The summed E-state index contributed by atoms with van der Waals surface area (Å²) in [6.45, 7) is 8.36. The van der Waals surface area contributed by atoms with E-state index in [0.29, 0.717) is 18.6 Å². The number of halogens is 1. The summed E-state index contributed by atoms with van der Waals surface area (Å²) < 4.78 is 11.3. The van der Waals surface area contributed by atoms with Gasteiger partial charge < -0.3 is 20.1 Å². The first-order valence-electron chi connectivity index (χ1n) is 8.89. The van der Waals surface area contributed by atoms with Crippen LogP contribution < -0.4 is 10.6 Å². The molecule has 0 amide bonds. The van der Waals surface area contributed by atoms with E-state index in [-0.39, 0.29) is 24.0 Å². The van der Waals surface area contributed by atoms with Gasteiger partial charge in [-0.2, -0.15) is 0 Å². The molecule has 0 unspecified atom stereocenters. The van der Waals surface area contributed by atoms with Gasteiger partial charge in [-0.3, -0.25) is 4.99 Å². The van der Waals surface area contributed by atoms with Crippen molar-refractivity contribution in [2.24, 2.45) is 10.9 Å². The molecule has 2 rings (SSSR count). The molecule has 0 bridgehead atoms. The van der Waals surface area contributed by atoms with Gasteiger partial charge >= 0.3 is 0 Å². The van der Waals surface area contributed by atoms with Crippen molar-refractivity contribution in [3.63, 3.8) is 0 Å². The smallest absolute Gasteiger partial charge is 0.191 e. The van der Waals surface area contributed by atoms with Crippen LogP contribution in [0.3, 0.4) is 0 Å². The van der Waals surface area contributed by atoms with Crippen LogP contribution in [-0.4, -0.2) is 38.9 Å². The van der Waals surface area contributed by atoms with Gasteiger partial charge in [0, 0.05) is 33.4 Å². The van der Waals surface area contributed by atoms with Crippen LogP contribution >= 0.6 is 24.0 Å². The molecule has 0 atom stereocenters. The van der Waals surface area contributed by atoms with Crippen LogP contribution in [0.15, 0.2) is 29.3 Å². The molecule has 0 saturated carbocycles. The van der Waals surface area contributed by atoms with E-state index in [0.717, 1.165) is 45.1 Å². The number of nitrogens with zero attached hydrogens (tertiary/aromatic N) is 1. The lowest BCUT2D eigenvalue weighted by molar-refractivity contribution is -0.0390. The number of guanidine groups is 1. The minimum atomic E-state index is 0. The van der Waals surface area contributed by atoms with Gasteiger partial charge in [0.25, 0.3) is 0 Å². The molecular weight excluding hydrogens is 429 g/mol. The molecule has 1 heterocycles. The Morgan fingerprint density at radius 2 is 1.80 bits per heavy atom. The minimum absolute atomic E-state index is 0. The van der Waals surface area contributed by atoms with E-state index in [9.17, 15) is 0 Å². The van der Waals surface area contributed by atoms with Crippen LogP contribution in [0.2, 0.25) is 0 Å². The molecule has 0 spiro atoms. The fraction of sp³-hybridized carbons (Fsp3) is 0.632. The Kier molecular flexibility index (Phi) is 11.1. The first-order valence-corrected chi connectivity index (χ1v) is 8.89. The van der Waals surface area contributed by atoms with Crippen molar-refractivity contribution in [2.75, 3.05) is 26.8 Å². The second-order valence-electron chi connectivity index (χ2n) is 6.64. The highest BCUT2D eigenvalue weighted by atomic mass is 127. The van der Waals surface area contributed by atoms with E-state index >= 15 is 0 Å². The van der Waals surface area contributed by atoms with Gasteiger partial charge in [0.2, 0.25) is 0 Å². The molecule has 6 heteroatoms. The fourth-order valence-corrected chi connectivity index (χ4v) is 2.52. The average molecular weight is 461 g/mol. The predicted molar refractivity (Wildman–Crippen MR) is 114 cm³/mol. The van der Waals surface area contributed by atoms with Crippen LogP contribution in [0.4, 0.5) is 0 Å². The number of nitrogens with one attached hydrogen (secondary N) is 2. The second-order valence-corrected chi connectivity index (χ2v) is 6.64. The first-order chi connectivity index (χ1) is 11.7. The van der Waals surface area contributed by atoms with Crippen molar-refractivity contribution in [3.05, 3.63) is 35.4 Å². The molecule has 1 saturated heterocycles. The first kappa shape index (κ1) is 22.2. The third kappa shape index (κ3) is 8.87. The average Bonchev–Trinajstić information content (AvgIpc) is 2.62. The van der Waals surface area contributed by atoms with Crippen LogP contribution in [0.25, 0.3) is 0 Å². The highest BCUT2D eigenvalue weighted by Gasteiger charge is 2.13. The molecule has 1 aromatic rings. The standard InChI is InChI=1S/C19H31N3O2.HI/c1-15(2)12-21-19(20-3)22-13-16-4-6-17(7-5-16)14-24-18-8-10-23-11-9-18;/h4-7,15,18H,8-14H2,1-3H3,(H2,20,21,22);1H. The zero-order valence-corrected chi connectivity index (χ0v) is 17.9. The monoisotopic (exact) mass is 461 g/mol. The van der Waals surface area contributed by atoms with E-state index in [1.54, 1.807) is 7.05 Å². The largest absolute Gasteiger partial charge is 0.381 e. The van der Waals surface area contributed by atoms with Gasteiger partial charge in [-0.05, 0) is 29.9 Å². The highest BCUT2D eigenvalue weighted by molar-refractivity contribution is 14.0. The van der Waals surface area contributed by atoms with Gasteiger partial charge in [-0.25, -0.2) is 0 Å². The maximum Gasteiger partial charge on any atom is 0.191 e. The molecule has 2 N–H and O–H groups in total. The van der Waals surface area contributed by atoms with Gasteiger partial charge in [0.05, 0.1) is 12.7 Å².